The van der Waals surface area contributed by atoms with Crippen LogP contribution in [0.4, 0.5) is 0 Å². The molecule has 0 aromatic carbocycles. The third kappa shape index (κ3) is 20.0. The number of rotatable bonds is 0. The molecule has 0 rings (SSSR count). The van der Waals surface area contributed by atoms with Crippen molar-refractivity contribution < 1.29 is 33.6 Å². The fraction of sp³-hybridized carbons (Fsp3) is 0. The summed E-state index contributed by atoms with van der Waals surface area (Å²) < 4.78 is 0. The van der Waals surface area contributed by atoms with E-state index in [9.17, 15) is 0 Å². The van der Waals surface area contributed by atoms with E-state index in [0.717, 1.165) is 0 Å². The van der Waals surface area contributed by atoms with Gasteiger partial charge in [-0.05, 0) is 11.0 Å². The van der Waals surface area contributed by atoms with Crippen LogP contribution in [0.1, 0.15) is 0 Å². The van der Waals surface area contributed by atoms with Gasteiger partial charge in [-0.2, -0.15) is 0 Å². The first-order valence-electron chi connectivity index (χ1n) is 0. The molecule has 0 spiro atoms. The van der Waals surface area contributed by atoms with E-state index in [2.05, 4.69) is 0 Å². The summed E-state index contributed by atoms with van der Waals surface area (Å²) in [6, 6.07) is 0. The summed E-state index contributed by atoms with van der Waals surface area (Å²) in [6.07, 6.45) is 0. The summed E-state index contributed by atoms with van der Waals surface area (Å²) >= 11 is 0. The Morgan fingerprint density at radius 3 is 1.00 bits per heavy atom. The van der Waals surface area contributed by atoms with Crippen LogP contribution in [0, 0.1) is 0 Å². The molecule has 0 aliphatic carbocycles. The molecule has 0 atom stereocenters. The first-order chi connectivity index (χ1) is 0. The summed E-state index contributed by atoms with van der Waals surface area (Å²) in [6.45, 7) is 0. The second kappa shape index (κ2) is 29.2. The average molecular weight is 301 g/mol. The van der Waals surface area contributed by atoms with Crippen LogP contribution in [0.15, 0.2) is 0 Å². The molecule has 0 nitrogen and oxygen atoms in total. The van der Waals surface area contributed by atoms with Crippen LogP contribution in [-0.4, -0.2) is 57.9 Å². The third-order valence-electron chi connectivity index (χ3n) is 0. The Morgan fingerprint density at radius 1 is 1.00 bits per heavy atom. The molecule has 0 unspecified atom stereocenters. The first-order valence-corrected chi connectivity index (χ1v) is 0. The molecule has 0 fully saturated rings. The zero-order chi connectivity index (χ0) is 0. The van der Waals surface area contributed by atoms with Crippen molar-refractivity contribution in [3.63, 3.8) is 0 Å². The molecule has 0 aliphatic rings. The van der Waals surface area contributed by atoms with E-state index < -0.39 is 0 Å². The van der Waals surface area contributed by atoms with Gasteiger partial charge < -0.3 is 0 Å². The number of hydrogen-bond donors (Lipinski definition) is 0. The van der Waals surface area contributed by atoms with Crippen LogP contribution >= 0.6 is 0 Å². The molecular formula is H8CuMgNiSiSn. The van der Waals surface area contributed by atoms with Crippen LogP contribution < -0.4 is 0 Å². The van der Waals surface area contributed by atoms with Gasteiger partial charge in [-0.3, -0.25) is 0 Å². The van der Waals surface area contributed by atoms with E-state index in [1.807, 2.05) is 0 Å². The fourth-order valence-electron chi connectivity index (χ4n) is 0. The van der Waals surface area contributed by atoms with Crippen LogP contribution in [0.2, 0.25) is 0 Å². The zero-order valence-corrected chi connectivity index (χ0v) is 7.29. The van der Waals surface area contributed by atoms with Crippen LogP contribution in [0.25, 0.3) is 0 Å². The SMILES string of the molecule is [Cu].[MgH2].[Ni].[SiH4].[SnH2]. The van der Waals surface area contributed by atoms with Gasteiger partial charge in [0.05, 0.1) is 0 Å². The van der Waals surface area contributed by atoms with E-state index in [-0.39, 0.29) is 91.5 Å². The predicted octanol–water partition coefficient (Wildman–Crippen LogP) is -3.29. The molecule has 0 aliphatic heterocycles. The van der Waals surface area contributed by atoms with Crippen molar-refractivity contribution in [1.82, 2.24) is 0 Å². The molecule has 39 valence electrons. The molecule has 0 amide bonds. The minimum absolute atomic E-state index is 0. The van der Waals surface area contributed by atoms with Gasteiger partial charge in [0.2, 0.25) is 0 Å². The van der Waals surface area contributed by atoms with Crippen LogP contribution in [0.5, 0.6) is 0 Å². The monoisotopic (exact) mass is 301 g/mol. The molecule has 5 heavy (non-hydrogen) atoms. The van der Waals surface area contributed by atoms with Gasteiger partial charge in [-0.25, -0.2) is 0 Å². The Bertz CT molecular complexity index is 11.6. The summed E-state index contributed by atoms with van der Waals surface area (Å²) in [5.74, 6) is 0. The maximum absolute atomic E-state index is 0. The van der Waals surface area contributed by atoms with E-state index in [1.54, 1.807) is 0 Å². The minimum atomic E-state index is 0. The number of hydrogen-bond acceptors (Lipinski definition) is 0. The van der Waals surface area contributed by atoms with Crippen molar-refractivity contribution in [1.29, 1.82) is 0 Å². The second-order valence-electron chi connectivity index (χ2n) is 0. The van der Waals surface area contributed by atoms with E-state index in [1.165, 1.54) is 0 Å². The van der Waals surface area contributed by atoms with Crippen molar-refractivity contribution in [3.05, 3.63) is 0 Å². The molecule has 0 saturated heterocycles. The molecule has 3 radical (unpaired) electrons. The van der Waals surface area contributed by atoms with Gasteiger partial charge in [-0.1, -0.05) is 0 Å². The summed E-state index contributed by atoms with van der Waals surface area (Å²) in [5, 5.41) is 0. The Kier molecular flexibility index (Phi) is 269. The summed E-state index contributed by atoms with van der Waals surface area (Å²) in [5.41, 5.74) is 0. The van der Waals surface area contributed by atoms with Gasteiger partial charge in [-0.15, -0.1) is 0 Å². The van der Waals surface area contributed by atoms with Crippen molar-refractivity contribution in [2.24, 2.45) is 0 Å². The second-order valence-corrected chi connectivity index (χ2v) is 0. The summed E-state index contributed by atoms with van der Waals surface area (Å²) in [4.78, 5) is 0. The molecular weight excluding hydrogens is 293 g/mol. The van der Waals surface area contributed by atoms with Gasteiger partial charge in [0.25, 0.3) is 0 Å². The normalized spacial score (nSPS) is 0. The van der Waals surface area contributed by atoms with Crippen molar-refractivity contribution in [2.45, 2.75) is 0 Å². The predicted molar refractivity (Wildman–Crippen MR) is 28.4 cm³/mol. The fourth-order valence-corrected chi connectivity index (χ4v) is 0. The Labute approximate surface area is 90.1 Å². The maximum atomic E-state index is 0. The molecule has 0 bridgehead atoms. The Morgan fingerprint density at radius 2 is 1.00 bits per heavy atom. The van der Waals surface area contributed by atoms with Crippen LogP contribution in [-0.2, 0) is 33.6 Å². The molecule has 0 saturated carbocycles. The van der Waals surface area contributed by atoms with Gasteiger partial charge >= 0.3 is 47.0 Å². The van der Waals surface area contributed by atoms with Crippen molar-refractivity contribution >= 4 is 57.9 Å². The van der Waals surface area contributed by atoms with Crippen molar-refractivity contribution in [3.8, 4) is 0 Å². The zero-order valence-electron chi connectivity index (χ0n) is 1.32. The standard InChI is InChI=1S/Cu.Mg.Ni.H4Si.Sn.4H/h;;;1H4;;;;;. The molecule has 0 heterocycles. The van der Waals surface area contributed by atoms with Gasteiger partial charge in [0.15, 0.2) is 0 Å². The molecule has 0 N–H and O–H groups in total. The van der Waals surface area contributed by atoms with E-state index in [0.29, 0.717) is 0 Å². The average Bonchev–Trinajstić information content (AvgIpc) is 0. The molecule has 0 aromatic rings. The first kappa shape index (κ1) is 46.1. The molecule has 0 aromatic heterocycles. The quantitative estimate of drug-likeness (QED) is 0.412. The summed E-state index contributed by atoms with van der Waals surface area (Å²) in [7, 11) is 0. The van der Waals surface area contributed by atoms with Crippen molar-refractivity contribution in [2.75, 3.05) is 0 Å². The van der Waals surface area contributed by atoms with E-state index >= 15 is 0 Å². The Hall–Kier alpha value is 2.79. The third-order valence-corrected chi connectivity index (χ3v) is 0. The topological polar surface area (TPSA) is 0 Å². The Balaban J connectivity index is 0. The van der Waals surface area contributed by atoms with E-state index in [4.69, 9.17) is 0 Å². The van der Waals surface area contributed by atoms with Crippen LogP contribution in [0.3, 0.4) is 0 Å². The van der Waals surface area contributed by atoms with Gasteiger partial charge in [0, 0.05) is 33.6 Å². The van der Waals surface area contributed by atoms with Gasteiger partial charge in [0.1, 0.15) is 0 Å². The molecule has 5 heteroatoms.